The van der Waals surface area contributed by atoms with Gasteiger partial charge in [0.25, 0.3) is 6.29 Å². The number of amides is 1. The van der Waals surface area contributed by atoms with Gasteiger partial charge >= 0.3 is 6.09 Å². The summed E-state index contributed by atoms with van der Waals surface area (Å²) in [6.45, 7) is 3.45. The second-order valence-corrected chi connectivity index (χ2v) is 2.47. The van der Waals surface area contributed by atoms with Crippen molar-refractivity contribution < 1.29 is 14.3 Å². The lowest BCUT2D eigenvalue weighted by molar-refractivity contribution is 0.00742. The van der Waals surface area contributed by atoms with Gasteiger partial charge in [0.1, 0.15) is 5.75 Å². The molecule has 1 atom stereocenters. The van der Waals surface area contributed by atoms with E-state index >= 15 is 0 Å². The van der Waals surface area contributed by atoms with Gasteiger partial charge in [0.2, 0.25) is 0 Å². The summed E-state index contributed by atoms with van der Waals surface area (Å²) < 4.78 is 9.84. The van der Waals surface area contributed by atoms with Crippen molar-refractivity contribution in [1.29, 1.82) is 0 Å². The third-order valence-corrected chi connectivity index (χ3v) is 1.42. The predicted octanol–water partition coefficient (Wildman–Crippen LogP) is 1.67. The molecule has 74 valence electrons. The van der Waals surface area contributed by atoms with E-state index in [9.17, 15) is 4.79 Å². The first-order valence-electron chi connectivity index (χ1n) is 4.02. The van der Waals surface area contributed by atoms with Crippen molar-refractivity contribution in [2.45, 2.75) is 6.29 Å². The van der Waals surface area contributed by atoms with E-state index < -0.39 is 12.4 Å². The van der Waals surface area contributed by atoms with Crippen molar-refractivity contribution in [3.05, 3.63) is 43.0 Å². The highest BCUT2D eigenvalue weighted by Crippen LogP contribution is 2.11. The van der Waals surface area contributed by atoms with Crippen molar-refractivity contribution in [3.8, 4) is 5.75 Å². The molecule has 0 saturated heterocycles. The highest BCUT2D eigenvalue weighted by molar-refractivity contribution is 5.64. The summed E-state index contributed by atoms with van der Waals surface area (Å²) in [5.74, 6) is 0.582. The van der Waals surface area contributed by atoms with Gasteiger partial charge in [0.05, 0.1) is 0 Å². The van der Waals surface area contributed by atoms with Crippen LogP contribution in [-0.2, 0) is 4.74 Å². The molecular weight excluding hydrogens is 182 g/mol. The minimum absolute atomic E-state index is 0.582. The van der Waals surface area contributed by atoms with E-state index in [1.54, 1.807) is 24.3 Å². The zero-order valence-electron chi connectivity index (χ0n) is 7.55. The first-order valence-corrected chi connectivity index (χ1v) is 4.02. The lowest BCUT2D eigenvalue weighted by Gasteiger charge is -2.14. The van der Waals surface area contributed by atoms with Gasteiger partial charge in [-0.2, -0.15) is 0 Å². The van der Waals surface area contributed by atoms with Gasteiger partial charge in [0.15, 0.2) is 0 Å². The van der Waals surface area contributed by atoms with Crippen LogP contribution in [0.2, 0.25) is 0 Å². The molecular formula is C10H11NO3. The van der Waals surface area contributed by atoms with E-state index in [4.69, 9.17) is 10.5 Å². The van der Waals surface area contributed by atoms with E-state index in [2.05, 4.69) is 11.3 Å². The van der Waals surface area contributed by atoms with Crippen LogP contribution < -0.4 is 10.5 Å². The fraction of sp³-hybridized carbons (Fsp3) is 0.100. The molecule has 2 N–H and O–H groups in total. The molecule has 0 fully saturated rings. The Bertz CT molecular complexity index is 310. The molecule has 0 aliphatic heterocycles. The fourth-order valence-corrected chi connectivity index (χ4v) is 0.868. The van der Waals surface area contributed by atoms with Crippen molar-refractivity contribution >= 4 is 6.09 Å². The molecule has 1 aromatic rings. The average molecular weight is 193 g/mol. The van der Waals surface area contributed by atoms with E-state index in [0.29, 0.717) is 5.75 Å². The number of ether oxygens (including phenoxy) is 2. The molecule has 0 radical (unpaired) electrons. The van der Waals surface area contributed by atoms with Crippen LogP contribution in [-0.4, -0.2) is 12.4 Å². The lowest BCUT2D eigenvalue weighted by Crippen LogP contribution is -2.25. The smallest absolute Gasteiger partial charge is 0.407 e. The first-order chi connectivity index (χ1) is 6.72. The number of hydrogen-bond donors (Lipinski definition) is 1. The minimum Gasteiger partial charge on any atom is -0.451 e. The Morgan fingerprint density at radius 2 is 2.07 bits per heavy atom. The molecule has 1 unspecified atom stereocenters. The number of primary amides is 1. The highest BCUT2D eigenvalue weighted by Gasteiger charge is 2.08. The average Bonchev–Trinajstić information content (AvgIpc) is 2.17. The summed E-state index contributed by atoms with van der Waals surface area (Å²) in [6, 6.07) is 8.94. The van der Waals surface area contributed by atoms with Gasteiger partial charge in [-0.25, -0.2) is 4.79 Å². The zero-order valence-corrected chi connectivity index (χ0v) is 7.55. The first kappa shape index (κ1) is 10.1. The largest absolute Gasteiger partial charge is 0.451 e. The van der Waals surface area contributed by atoms with Crippen LogP contribution >= 0.6 is 0 Å². The Hall–Kier alpha value is -1.97. The third-order valence-electron chi connectivity index (χ3n) is 1.42. The molecule has 14 heavy (non-hydrogen) atoms. The third kappa shape index (κ3) is 3.18. The second-order valence-electron chi connectivity index (χ2n) is 2.47. The van der Waals surface area contributed by atoms with E-state index in [1.165, 1.54) is 6.08 Å². The number of carbonyl (C=O) groups excluding carboxylic acids is 1. The molecule has 0 aliphatic rings. The molecule has 4 nitrogen and oxygen atoms in total. The summed E-state index contributed by atoms with van der Waals surface area (Å²) in [6.07, 6.45) is -0.404. The maximum Gasteiger partial charge on any atom is 0.407 e. The number of benzene rings is 1. The van der Waals surface area contributed by atoms with Crippen LogP contribution in [0.5, 0.6) is 5.75 Å². The van der Waals surface area contributed by atoms with Crippen LogP contribution in [0.3, 0.4) is 0 Å². The van der Waals surface area contributed by atoms with Crippen LogP contribution in [0.15, 0.2) is 43.0 Å². The summed E-state index contributed by atoms with van der Waals surface area (Å²) in [5.41, 5.74) is 4.83. The van der Waals surface area contributed by atoms with Gasteiger partial charge in [-0.05, 0) is 18.2 Å². The summed E-state index contributed by atoms with van der Waals surface area (Å²) in [5, 5.41) is 0. The highest BCUT2D eigenvalue weighted by atomic mass is 16.7. The number of carbonyl (C=O) groups is 1. The fourth-order valence-electron chi connectivity index (χ4n) is 0.868. The van der Waals surface area contributed by atoms with Gasteiger partial charge in [0, 0.05) is 0 Å². The monoisotopic (exact) mass is 193 g/mol. The van der Waals surface area contributed by atoms with Crippen LogP contribution in [0, 0.1) is 0 Å². The Labute approximate surface area is 81.9 Å². The molecule has 0 bridgehead atoms. The molecule has 1 aromatic carbocycles. The van der Waals surface area contributed by atoms with E-state index in [0.717, 1.165) is 0 Å². The van der Waals surface area contributed by atoms with E-state index in [-0.39, 0.29) is 0 Å². The summed E-state index contributed by atoms with van der Waals surface area (Å²) in [7, 11) is 0. The Morgan fingerprint density at radius 1 is 1.43 bits per heavy atom. The van der Waals surface area contributed by atoms with Crippen LogP contribution in [0.1, 0.15) is 0 Å². The maximum absolute atomic E-state index is 10.4. The standard InChI is InChI=1S/C10H11NO3/c1-2-9(14-10(11)12)13-8-6-4-3-5-7-8/h2-7,9H,1H2,(H2,11,12). The number of hydrogen-bond acceptors (Lipinski definition) is 3. The van der Waals surface area contributed by atoms with Gasteiger partial charge in [-0.3, -0.25) is 0 Å². The maximum atomic E-state index is 10.4. The van der Waals surface area contributed by atoms with Crippen LogP contribution in [0.4, 0.5) is 4.79 Å². The molecule has 0 saturated carbocycles. The van der Waals surface area contributed by atoms with Gasteiger partial charge < -0.3 is 15.2 Å². The molecule has 0 heterocycles. The summed E-state index contributed by atoms with van der Waals surface area (Å²) in [4.78, 5) is 10.4. The van der Waals surface area contributed by atoms with Gasteiger partial charge in [-0.15, -0.1) is 0 Å². The van der Waals surface area contributed by atoms with Crippen molar-refractivity contribution in [3.63, 3.8) is 0 Å². The van der Waals surface area contributed by atoms with Gasteiger partial charge in [-0.1, -0.05) is 24.8 Å². The molecule has 0 aliphatic carbocycles. The lowest BCUT2D eigenvalue weighted by atomic mass is 10.3. The SMILES string of the molecule is C=CC(OC(N)=O)Oc1ccccc1. The Morgan fingerprint density at radius 3 is 2.57 bits per heavy atom. The molecule has 0 spiro atoms. The van der Waals surface area contributed by atoms with Crippen molar-refractivity contribution in [2.24, 2.45) is 5.73 Å². The Kier molecular flexibility index (Phi) is 3.55. The minimum atomic E-state index is -0.897. The zero-order chi connectivity index (χ0) is 10.4. The molecule has 1 rings (SSSR count). The van der Waals surface area contributed by atoms with E-state index in [1.807, 2.05) is 6.07 Å². The predicted molar refractivity (Wildman–Crippen MR) is 51.7 cm³/mol. The van der Waals surface area contributed by atoms with Crippen molar-refractivity contribution in [1.82, 2.24) is 0 Å². The molecule has 1 amide bonds. The van der Waals surface area contributed by atoms with Crippen molar-refractivity contribution in [2.75, 3.05) is 0 Å². The summed E-state index contributed by atoms with van der Waals surface area (Å²) >= 11 is 0. The number of rotatable bonds is 4. The normalized spacial score (nSPS) is 11.4. The van der Waals surface area contributed by atoms with Crippen LogP contribution in [0.25, 0.3) is 0 Å². The number of para-hydroxylation sites is 1. The second kappa shape index (κ2) is 4.91. The molecule has 0 aromatic heterocycles. The quantitative estimate of drug-likeness (QED) is 0.584. The topological polar surface area (TPSA) is 61.5 Å². The Balaban J connectivity index is 2.57. The molecule has 4 heteroatoms. The number of nitrogens with two attached hydrogens (primary N) is 1.